The van der Waals surface area contributed by atoms with E-state index in [0.717, 1.165) is 14.5 Å². The van der Waals surface area contributed by atoms with Crippen LogP contribution in [0.3, 0.4) is 0 Å². The standard InChI is InChI=1S/C17H13Br2N3O/c18-13-7-5-12(6-8-13)10-22-11-14(9-20-22)21-17(23)15-3-1-2-4-16(15)19/h1-9,11H,10H2,(H,21,23). The smallest absolute Gasteiger partial charge is 0.256 e. The molecule has 1 heterocycles. The van der Waals surface area contributed by atoms with Crippen molar-refractivity contribution in [2.24, 2.45) is 0 Å². The van der Waals surface area contributed by atoms with E-state index in [-0.39, 0.29) is 5.91 Å². The predicted molar refractivity (Wildman–Crippen MR) is 97.6 cm³/mol. The van der Waals surface area contributed by atoms with E-state index in [4.69, 9.17) is 0 Å². The number of rotatable bonds is 4. The van der Waals surface area contributed by atoms with Gasteiger partial charge in [-0.3, -0.25) is 9.48 Å². The summed E-state index contributed by atoms with van der Waals surface area (Å²) in [6.45, 7) is 0.651. The maximum Gasteiger partial charge on any atom is 0.256 e. The fraction of sp³-hybridized carbons (Fsp3) is 0.0588. The largest absolute Gasteiger partial charge is 0.319 e. The Morgan fingerprint density at radius 3 is 2.57 bits per heavy atom. The molecule has 0 aliphatic carbocycles. The van der Waals surface area contributed by atoms with E-state index in [1.807, 2.05) is 48.7 Å². The normalized spacial score (nSPS) is 10.5. The Labute approximate surface area is 150 Å². The van der Waals surface area contributed by atoms with Crippen LogP contribution in [-0.2, 0) is 6.54 Å². The summed E-state index contributed by atoms with van der Waals surface area (Å²) in [5.41, 5.74) is 2.40. The fourth-order valence-electron chi connectivity index (χ4n) is 2.14. The van der Waals surface area contributed by atoms with Crippen molar-refractivity contribution in [2.75, 3.05) is 5.32 Å². The van der Waals surface area contributed by atoms with Crippen molar-refractivity contribution < 1.29 is 4.79 Å². The molecule has 0 fully saturated rings. The zero-order valence-corrected chi connectivity index (χ0v) is 15.2. The van der Waals surface area contributed by atoms with E-state index in [1.54, 1.807) is 16.9 Å². The van der Waals surface area contributed by atoms with Gasteiger partial charge in [0.15, 0.2) is 0 Å². The lowest BCUT2D eigenvalue weighted by Crippen LogP contribution is -2.12. The Kier molecular flexibility index (Phi) is 4.93. The summed E-state index contributed by atoms with van der Waals surface area (Å²) < 4.78 is 3.60. The summed E-state index contributed by atoms with van der Waals surface area (Å²) >= 11 is 6.80. The lowest BCUT2D eigenvalue weighted by atomic mass is 10.2. The van der Waals surface area contributed by atoms with Crippen molar-refractivity contribution >= 4 is 43.5 Å². The second-order valence-electron chi connectivity index (χ2n) is 4.99. The molecule has 0 aliphatic rings. The molecule has 0 aliphatic heterocycles. The van der Waals surface area contributed by atoms with Crippen LogP contribution in [0.15, 0.2) is 69.9 Å². The van der Waals surface area contributed by atoms with Crippen molar-refractivity contribution in [1.29, 1.82) is 0 Å². The van der Waals surface area contributed by atoms with E-state index in [2.05, 4.69) is 42.3 Å². The zero-order chi connectivity index (χ0) is 16.2. The summed E-state index contributed by atoms with van der Waals surface area (Å²) in [5, 5.41) is 7.14. The van der Waals surface area contributed by atoms with Gasteiger partial charge in [-0.2, -0.15) is 5.10 Å². The number of carbonyl (C=O) groups is 1. The first-order chi connectivity index (χ1) is 11.1. The average molecular weight is 435 g/mol. The summed E-state index contributed by atoms with van der Waals surface area (Å²) in [6, 6.07) is 15.4. The number of aromatic nitrogens is 2. The van der Waals surface area contributed by atoms with Crippen LogP contribution in [0, 0.1) is 0 Å². The maximum atomic E-state index is 12.3. The second kappa shape index (κ2) is 7.10. The van der Waals surface area contributed by atoms with Crippen LogP contribution in [0.2, 0.25) is 0 Å². The van der Waals surface area contributed by atoms with Crippen LogP contribution in [0.5, 0.6) is 0 Å². The first kappa shape index (κ1) is 16.0. The molecule has 1 aromatic heterocycles. The van der Waals surface area contributed by atoms with E-state index < -0.39 is 0 Å². The summed E-state index contributed by atoms with van der Waals surface area (Å²) in [4.78, 5) is 12.3. The number of carbonyl (C=O) groups excluding carboxylic acids is 1. The number of nitrogens with zero attached hydrogens (tertiary/aromatic N) is 2. The number of halogens is 2. The fourth-order valence-corrected chi connectivity index (χ4v) is 2.86. The van der Waals surface area contributed by atoms with Gasteiger partial charge in [0, 0.05) is 15.1 Å². The first-order valence-corrected chi connectivity index (χ1v) is 8.53. The lowest BCUT2D eigenvalue weighted by Gasteiger charge is -2.04. The predicted octanol–water partition coefficient (Wildman–Crippen LogP) is 4.71. The Hall–Kier alpha value is -1.92. The van der Waals surface area contributed by atoms with Gasteiger partial charge in [-0.15, -0.1) is 0 Å². The van der Waals surface area contributed by atoms with Crippen molar-refractivity contribution in [3.05, 3.63) is 81.0 Å². The number of amides is 1. The molecule has 116 valence electrons. The van der Waals surface area contributed by atoms with E-state index in [0.29, 0.717) is 17.8 Å². The summed E-state index contributed by atoms with van der Waals surface area (Å²) in [7, 11) is 0. The van der Waals surface area contributed by atoms with Gasteiger partial charge in [-0.25, -0.2) is 0 Å². The second-order valence-corrected chi connectivity index (χ2v) is 6.76. The molecule has 4 nitrogen and oxygen atoms in total. The van der Waals surface area contributed by atoms with Crippen molar-refractivity contribution in [3.63, 3.8) is 0 Å². The van der Waals surface area contributed by atoms with Crippen LogP contribution >= 0.6 is 31.9 Å². The van der Waals surface area contributed by atoms with E-state index in [9.17, 15) is 4.79 Å². The molecule has 0 radical (unpaired) electrons. The van der Waals surface area contributed by atoms with Crippen molar-refractivity contribution in [2.45, 2.75) is 6.54 Å². The lowest BCUT2D eigenvalue weighted by molar-refractivity contribution is 0.102. The van der Waals surface area contributed by atoms with Gasteiger partial charge in [0.2, 0.25) is 0 Å². The highest BCUT2D eigenvalue weighted by Crippen LogP contribution is 2.18. The third-order valence-corrected chi connectivity index (χ3v) is 4.49. The number of benzene rings is 2. The van der Waals surface area contributed by atoms with Crippen molar-refractivity contribution in [3.8, 4) is 0 Å². The van der Waals surface area contributed by atoms with Gasteiger partial charge in [-0.05, 0) is 45.8 Å². The Bertz CT molecular complexity index is 828. The van der Waals surface area contributed by atoms with Gasteiger partial charge in [-0.1, -0.05) is 40.2 Å². The molecule has 6 heteroatoms. The monoisotopic (exact) mass is 433 g/mol. The molecule has 0 atom stereocenters. The van der Waals surface area contributed by atoms with Gasteiger partial charge < -0.3 is 5.32 Å². The molecular formula is C17H13Br2N3O. The molecule has 0 bridgehead atoms. The Morgan fingerprint density at radius 1 is 1.09 bits per heavy atom. The molecule has 0 saturated carbocycles. The van der Waals surface area contributed by atoms with Gasteiger partial charge in [0.1, 0.15) is 0 Å². The molecule has 3 rings (SSSR count). The minimum absolute atomic E-state index is 0.166. The molecule has 3 aromatic rings. The molecule has 1 amide bonds. The number of hydrogen-bond donors (Lipinski definition) is 1. The minimum atomic E-state index is -0.166. The minimum Gasteiger partial charge on any atom is -0.319 e. The van der Waals surface area contributed by atoms with Crippen LogP contribution in [0.25, 0.3) is 0 Å². The Morgan fingerprint density at radius 2 is 1.83 bits per heavy atom. The van der Waals surface area contributed by atoms with Crippen molar-refractivity contribution in [1.82, 2.24) is 9.78 Å². The van der Waals surface area contributed by atoms with Crippen LogP contribution in [0.4, 0.5) is 5.69 Å². The molecule has 0 saturated heterocycles. The first-order valence-electron chi connectivity index (χ1n) is 6.94. The molecule has 1 N–H and O–H groups in total. The third-order valence-electron chi connectivity index (χ3n) is 3.27. The number of nitrogens with one attached hydrogen (secondary N) is 1. The van der Waals surface area contributed by atoms with Crippen LogP contribution in [0.1, 0.15) is 15.9 Å². The topological polar surface area (TPSA) is 46.9 Å². The van der Waals surface area contributed by atoms with Gasteiger partial charge in [0.05, 0.1) is 24.0 Å². The van der Waals surface area contributed by atoms with Gasteiger partial charge in [0.25, 0.3) is 5.91 Å². The van der Waals surface area contributed by atoms with Crippen LogP contribution in [-0.4, -0.2) is 15.7 Å². The summed E-state index contributed by atoms with van der Waals surface area (Å²) in [6.07, 6.45) is 3.46. The van der Waals surface area contributed by atoms with E-state index in [1.165, 1.54) is 0 Å². The molecular weight excluding hydrogens is 422 g/mol. The summed E-state index contributed by atoms with van der Waals surface area (Å²) in [5.74, 6) is -0.166. The zero-order valence-electron chi connectivity index (χ0n) is 12.0. The highest BCUT2D eigenvalue weighted by Gasteiger charge is 2.10. The maximum absolute atomic E-state index is 12.3. The number of anilines is 1. The quantitative estimate of drug-likeness (QED) is 0.646. The molecule has 0 spiro atoms. The molecule has 2 aromatic carbocycles. The highest BCUT2D eigenvalue weighted by molar-refractivity contribution is 9.10. The Balaban J connectivity index is 1.69. The highest BCUT2D eigenvalue weighted by atomic mass is 79.9. The SMILES string of the molecule is O=C(Nc1cnn(Cc2ccc(Br)cc2)c1)c1ccccc1Br. The van der Waals surface area contributed by atoms with Gasteiger partial charge >= 0.3 is 0 Å². The molecule has 23 heavy (non-hydrogen) atoms. The number of hydrogen-bond acceptors (Lipinski definition) is 2. The van der Waals surface area contributed by atoms with Crippen LogP contribution < -0.4 is 5.32 Å². The third kappa shape index (κ3) is 4.09. The average Bonchev–Trinajstić information content (AvgIpc) is 2.97. The van der Waals surface area contributed by atoms with E-state index >= 15 is 0 Å². The molecule has 0 unspecified atom stereocenters.